The predicted octanol–water partition coefficient (Wildman–Crippen LogP) is 4.69. The minimum Gasteiger partial charge on any atom is -0.661 e. The first-order chi connectivity index (χ1) is 12.2. The standard InChI is InChI=1S/C11H6F2N.C7H6F3NO.Ir/c12-8-4-5-9(10(13)7-8)11-3-1-2-6-14-11;1-4(12)6-2-5(3-11-6)7(8,9)10;/h1-4,6-7H;2-3H,1H3,(H,11,12);/q-1;;/p-1. The van der Waals surface area contributed by atoms with Crippen LogP contribution in [-0.2, 0) is 26.3 Å². The molecular weight excluding hydrogens is 547 g/mol. The number of nitrogens with zero attached hydrogens (tertiary/aromatic N) is 2. The van der Waals surface area contributed by atoms with Gasteiger partial charge in [0.15, 0.2) is 0 Å². The fourth-order valence-corrected chi connectivity index (χ4v) is 1.86. The number of rotatable bonds is 2. The Morgan fingerprint density at radius 1 is 1.19 bits per heavy atom. The second-order valence-electron chi connectivity index (χ2n) is 5.05. The summed E-state index contributed by atoms with van der Waals surface area (Å²) in [7, 11) is 0. The first-order valence-electron chi connectivity index (χ1n) is 7.17. The molecule has 0 spiro atoms. The van der Waals surface area contributed by atoms with E-state index >= 15 is 0 Å². The smallest absolute Gasteiger partial charge is 0.414 e. The Bertz CT molecular complexity index is 894. The summed E-state index contributed by atoms with van der Waals surface area (Å²) in [6, 6.07) is 10.3. The van der Waals surface area contributed by atoms with Crippen LogP contribution in [0.25, 0.3) is 11.3 Å². The molecule has 3 aromatic rings. The molecule has 3 nitrogen and oxygen atoms in total. The van der Waals surface area contributed by atoms with Crippen molar-refractivity contribution >= 4 is 5.78 Å². The minimum atomic E-state index is -4.42. The molecule has 27 heavy (non-hydrogen) atoms. The molecule has 0 aliphatic carbocycles. The van der Waals surface area contributed by atoms with Gasteiger partial charge < -0.3 is 9.97 Å². The van der Waals surface area contributed by atoms with Gasteiger partial charge in [-0.3, -0.25) is 13.6 Å². The summed E-state index contributed by atoms with van der Waals surface area (Å²) in [6.07, 6.45) is -2.22. The van der Waals surface area contributed by atoms with Crippen molar-refractivity contribution in [3.8, 4) is 11.3 Å². The fraction of sp³-hybridized carbons (Fsp3) is 0.111. The van der Waals surface area contributed by atoms with Crippen molar-refractivity contribution in [1.82, 2.24) is 9.97 Å². The number of Topliss-reactive ketones (excluding diaryl/α,β-unsaturated/α-hetero) is 1. The quantitative estimate of drug-likeness (QED) is 0.261. The molecule has 0 amide bonds. The Morgan fingerprint density at radius 2 is 1.89 bits per heavy atom. The number of hydrogen-bond donors (Lipinski definition) is 0. The molecule has 0 unspecified atom stereocenters. The van der Waals surface area contributed by atoms with E-state index < -0.39 is 29.2 Å². The number of hydrogen-bond acceptors (Lipinski definition) is 2. The molecule has 0 bridgehead atoms. The maximum Gasteiger partial charge on any atom is 0.414 e. The van der Waals surface area contributed by atoms with Crippen LogP contribution in [0.1, 0.15) is 23.0 Å². The summed E-state index contributed by atoms with van der Waals surface area (Å²) in [6.45, 7) is 1.17. The summed E-state index contributed by atoms with van der Waals surface area (Å²) in [5, 5.41) is 0. The normalized spacial score (nSPS) is 10.4. The third kappa shape index (κ3) is 6.37. The molecule has 0 N–H and O–H groups in total. The second kappa shape index (κ2) is 9.52. The molecule has 3 rings (SSSR count). The zero-order chi connectivity index (χ0) is 19.3. The van der Waals surface area contributed by atoms with Gasteiger partial charge in [0.2, 0.25) is 0 Å². The van der Waals surface area contributed by atoms with Crippen LogP contribution in [0.4, 0.5) is 22.0 Å². The molecular formula is C18H11F5IrN2O-2. The Balaban J connectivity index is 0.000000264. The van der Waals surface area contributed by atoms with Crippen LogP contribution in [0.5, 0.6) is 0 Å². The third-order valence-electron chi connectivity index (χ3n) is 3.10. The van der Waals surface area contributed by atoms with Crippen LogP contribution >= 0.6 is 0 Å². The number of benzene rings is 1. The largest absolute Gasteiger partial charge is 0.661 e. The molecule has 0 saturated heterocycles. The molecule has 0 atom stereocenters. The molecule has 2 heterocycles. The molecule has 0 aliphatic rings. The van der Waals surface area contributed by atoms with Gasteiger partial charge in [-0.05, 0) is 18.7 Å². The number of aromatic nitrogens is 2. The summed E-state index contributed by atoms with van der Waals surface area (Å²) in [5.41, 5.74) is -0.396. The molecule has 9 heteroatoms. The van der Waals surface area contributed by atoms with E-state index in [9.17, 15) is 26.7 Å². The summed E-state index contributed by atoms with van der Waals surface area (Å²) in [4.78, 5) is 17.8. The SMILES string of the molecule is CC(=O)c1cc(C(F)(F)F)c[n-]1.Fc1c[c-]c(-c2ccccn2)c(F)c1.[Ir]. The second-order valence-corrected chi connectivity index (χ2v) is 5.05. The van der Waals surface area contributed by atoms with E-state index in [0.717, 1.165) is 18.2 Å². The zero-order valence-corrected chi connectivity index (χ0v) is 16.0. The van der Waals surface area contributed by atoms with Gasteiger partial charge in [0, 0.05) is 43.5 Å². The molecule has 0 fully saturated rings. The van der Waals surface area contributed by atoms with Gasteiger partial charge in [-0.2, -0.15) is 19.4 Å². The van der Waals surface area contributed by atoms with Crippen LogP contribution in [0.2, 0.25) is 0 Å². The summed E-state index contributed by atoms with van der Waals surface area (Å²) in [5.74, 6) is -1.75. The minimum absolute atomic E-state index is 0. The van der Waals surface area contributed by atoms with Gasteiger partial charge >= 0.3 is 6.18 Å². The van der Waals surface area contributed by atoms with Crippen molar-refractivity contribution in [3.05, 3.63) is 77.8 Å². The molecule has 145 valence electrons. The topological polar surface area (TPSA) is 44.1 Å². The van der Waals surface area contributed by atoms with Crippen molar-refractivity contribution < 1.29 is 46.9 Å². The molecule has 1 radical (unpaired) electrons. The van der Waals surface area contributed by atoms with Crippen LogP contribution in [0.15, 0.2) is 48.8 Å². The van der Waals surface area contributed by atoms with Crippen LogP contribution < -0.4 is 4.98 Å². The molecule has 2 aromatic heterocycles. The zero-order valence-electron chi connectivity index (χ0n) is 13.6. The van der Waals surface area contributed by atoms with Gasteiger partial charge in [-0.15, -0.1) is 12.1 Å². The average Bonchev–Trinajstić information content (AvgIpc) is 3.07. The van der Waals surface area contributed by atoms with E-state index in [2.05, 4.69) is 16.0 Å². The van der Waals surface area contributed by atoms with E-state index in [0.29, 0.717) is 11.9 Å². The van der Waals surface area contributed by atoms with Gasteiger partial charge in [-0.1, -0.05) is 35.5 Å². The van der Waals surface area contributed by atoms with Crippen LogP contribution in [0.3, 0.4) is 0 Å². The van der Waals surface area contributed by atoms with E-state index in [1.165, 1.54) is 6.92 Å². The Morgan fingerprint density at radius 3 is 2.33 bits per heavy atom. The van der Waals surface area contributed by atoms with Gasteiger partial charge in [0.1, 0.15) is 5.78 Å². The van der Waals surface area contributed by atoms with Crippen molar-refractivity contribution in [2.24, 2.45) is 0 Å². The van der Waals surface area contributed by atoms with Gasteiger partial charge in [0.25, 0.3) is 0 Å². The predicted molar refractivity (Wildman–Crippen MR) is 83.2 cm³/mol. The van der Waals surface area contributed by atoms with E-state index in [1.54, 1.807) is 24.4 Å². The summed E-state index contributed by atoms with van der Waals surface area (Å²) < 4.78 is 61.5. The Kier molecular flexibility index (Phi) is 7.99. The first kappa shape index (κ1) is 22.7. The maximum absolute atomic E-state index is 13.2. The molecule has 1 aromatic carbocycles. The van der Waals surface area contributed by atoms with Crippen LogP contribution in [-0.4, -0.2) is 10.8 Å². The summed E-state index contributed by atoms with van der Waals surface area (Å²) >= 11 is 0. The Labute approximate surface area is 165 Å². The van der Waals surface area contributed by atoms with E-state index in [4.69, 9.17) is 0 Å². The number of halogens is 5. The van der Waals surface area contributed by atoms with E-state index in [1.807, 2.05) is 0 Å². The van der Waals surface area contributed by atoms with Crippen molar-refractivity contribution in [1.29, 1.82) is 0 Å². The molecule has 0 aliphatic heterocycles. The Hall–Kier alpha value is -2.38. The fourth-order valence-electron chi connectivity index (χ4n) is 1.86. The number of carbonyl (C=O) groups excluding carboxylic acids is 1. The van der Waals surface area contributed by atoms with Gasteiger partial charge in [-0.25, -0.2) is 0 Å². The van der Waals surface area contributed by atoms with E-state index in [-0.39, 0.29) is 31.4 Å². The monoisotopic (exact) mass is 559 g/mol. The van der Waals surface area contributed by atoms with Crippen molar-refractivity contribution in [3.63, 3.8) is 0 Å². The number of carbonyl (C=O) groups is 1. The number of alkyl halides is 3. The van der Waals surface area contributed by atoms with Crippen molar-refractivity contribution in [2.45, 2.75) is 13.1 Å². The average molecular weight is 559 g/mol. The third-order valence-corrected chi connectivity index (χ3v) is 3.10. The number of ketones is 1. The van der Waals surface area contributed by atoms with Gasteiger partial charge in [0.05, 0.1) is 0 Å². The maximum atomic E-state index is 13.2. The molecule has 0 saturated carbocycles. The van der Waals surface area contributed by atoms with Crippen LogP contribution in [0, 0.1) is 17.7 Å². The number of pyridine rings is 1. The van der Waals surface area contributed by atoms with Crippen molar-refractivity contribution in [2.75, 3.05) is 0 Å². The first-order valence-corrected chi connectivity index (χ1v) is 7.17.